The van der Waals surface area contributed by atoms with Gasteiger partial charge in [0.05, 0.1) is 17.1 Å². The molecule has 0 amide bonds. The summed E-state index contributed by atoms with van der Waals surface area (Å²) in [6.07, 6.45) is -2.38. The van der Waals surface area contributed by atoms with Gasteiger partial charge in [-0.25, -0.2) is 8.42 Å². The lowest BCUT2D eigenvalue weighted by atomic mass is 10.1. The molecule has 9 heteroatoms. The molecular weight excluding hydrogens is 300 g/mol. The minimum absolute atomic E-state index is 0.284. The fourth-order valence-electron chi connectivity index (χ4n) is 2.19. The van der Waals surface area contributed by atoms with Crippen molar-refractivity contribution >= 4 is 15.7 Å². The molecule has 0 saturated carbocycles. The first kappa shape index (κ1) is 15.8. The lowest BCUT2D eigenvalue weighted by molar-refractivity contribution is -0.387. The van der Waals surface area contributed by atoms with Gasteiger partial charge in [-0.15, -0.1) is 0 Å². The van der Waals surface area contributed by atoms with Crippen LogP contribution in [0.15, 0.2) is 17.0 Å². The number of sulfonamides is 1. The van der Waals surface area contributed by atoms with Crippen LogP contribution in [-0.4, -0.2) is 53.2 Å². The fraction of sp³-hybridized carbons (Fsp3) is 0.500. The Labute approximate surface area is 121 Å². The standard InChI is InChI=1S/C12H16N2O6S/c1-7-3-9(14(17)18)12(4-8(7)2)21(19,20)13-5-10(15)11(16)6-13/h3-4,10-11,15-16H,5-6H2,1-2H3. The molecule has 1 aliphatic heterocycles. The van der Waals surface area contributed by atoms with Gasteiger partial charge in [0.15, 0.2) is 4.90 Å². The van der Waals surface area contributed by atoms with Crippen molar-refractivity contribution in [3.05, 3.63) is 33.4 Å². The van der Waals surface area contributed by atoms with Gasteiger partial charge in [-0.1, -0.05) is 0 Å². The highest BCUT2D eigenvalue weighted by Crippen LogP contribution is 2.31. The molecule has 21 heavy (non-hydrogen) atoms. The second-order valence-corrected chi connectivity index (χ2v) is 7.02. The van der Waals surface area contributed by atoms with Gasteiger partial charge in [0.1, 0.15) is 0 Å². The fourth-order valence-corrected chi connectivity index (χ4v) is 3.89. The zero-order valence-electron chi connectivity index (χ0n) is 11.6. The van der Waals surface area contributed by atoms with Crippen molar-refractivity contribution in [1.29, 1.82) is 0 Å². The van der Waals surface area contributed by atoms with E-state index in [0.717, 1.165) is 4.31 Å². The highest BCUT2D eigenvalue weighted by atomic mass is 32.2. The quantitative estimate of drug-likeness (QED) is 0.595. The van der Waals surface area contributed by atoms with Crippen LogP contribution in [0.3, 0.4) is 0 Å². The van der Waals surface area contributed by atoms with Crippen molar-refractivity contribution in [3.8, 4) is 0 Å². The summed E-state index contributed by atoms with van der Waals surface area (Å²) in [6, 6.07) is 2.46. The Morgan fingerprint density at radius 3 is 2.14 bits per heavy atom. The Hall–Kier alpha value is -1.55. The highest BCUT2D eigenvalue weighted by molar-refractivity contribution is 7.89. The molecule has 0 bridgehead atoms. The van der Waals surface area contributed by atoms with Gasteiger partial charge in [0.2, 0.25) is 10.0 Å². The molecule has 0 aliphatic carbocycles. The van der Waals surface area contributed by atoms with E-state index in [-0.39, 0.29) is 13.1 Å². The van der Waals surface area contributed by atoms with Crippen LogP contribution in [0.4, 0.5) is 5.69 Å². The van der Waals surface area contributed by atoms with E-state index in [0.29, 0.717) is 11.1 Å². The number of β-amino-alcohol motifs (C(OH)–C–C–N with tert-alkyl or cyclic N) is 2. The summed E-state index contributed by atoms with van der Waals surface area (Å²) < 4.78 is 25.9. The number of aryl methyl sites for hydroxylation is 2. The third kappa shape index (κ3) is 2.77. The summed E-state index contributed by atoms with van der Waals surface area (Å²) in [7, 11) is -4.15. The Balaban J connectivity index is 2.55. The Morgan fingerprint density at radius 1 is 1.19 bits per heavy atom. The first-order chi connectivity index (χ1) is 9.64. The third-order valence-corrected chi connectivity index (χ3v) is 5.48. The molecule has 1 heterocycles. The van der Waals surface area contributed by atoms with Crippen LogP contribution in [0.1, 0.15) is 11.1 Å². The minimum Gasteiger partial charge on any atom is -0.389 e. The number of hydrogen-bond acceptors (Lipinski definition) is 6. The van der Waals surface area contributed by atoms with Gasteiger partial charge in [-0.3, -0.25) is 10.1 Å². The van der Waals surface area contributed by atoms with Crippen LogP contribution in [0.2, 0.25) is 0 Å². The smallest absolute Gasteiger partial charge is 0.289 e. The van der Waals surface area contributed by atoms with Gasteiger partial charge in [-0.2, -0.15) is 4.31 Å². The summed E-state index contributed by atoms with van der Waals surface area (Å²) >= 11 is 0. The largest absolute Gasteiger partial charge is 0.389 e. The first-order valence-corrected chi connectivity index (χ1v) is 7.70. The molecule has 1 saturated heterocycles. The molecule has 2 atom stereocenters. The lowest BCUT2D eigenvalue weighted by Crippen LogP contribution is -2.30. The number of nitrogens with zero attached hydrogens (tertiary/aromatic N) is 2. The molecule has 8 nitrogen and oxygen atoms in total. The third-order valence-electron chi connectivity index (χ3n) is 3.62. The second kappa shape index (κ2) is 5.34. The van der Waals surface area contributed by atoms with Gasteiger partial charge in [0.25, 0.3) is 5.69 Å². The SMILES string of the molecule is Cc1cc([N+](=O)[O-])c(S(=O)(=O)N2CC(O)C(O)C2)cc1C. The normalized spacial score (nSPS) is 23.4. The molecule has 0 radical (unpaired) electrons. The van der Waals surface area contributed by atoms with Crippen LogP contribution >= 0.6 is 0 Å². The van der Waals surface area contributed by atoms with Crippen molar-refractivity contribution in [1.82, 2.24) is 4.31 Å². The van der Waals surface area contributed by atoms with Crippen LogP contribution in [-0.2, 0) is 10.0 Å². The Kier molecular flexibility index (Phi) is 4.02. The molecular formula is C12H16N2O6S. The van der Waals surface area contributed by atoms with Crippen LogP contribution in [0.25, 0.3) is 0 Å². The van der Waals surface area contributed by atoms with Crippen molar-refractivity contribution in [2.75, 3.05) is 13.1 Å². The average molecular weight is 316 g/mol. The molecule has 2 rings (SSSR count). The van der Waals surface area contributed by atoms with Gasteiger partial charge >= 0.3 is 0 Å². The van der Waals surface area contributed by atoms with Crippen LogP contribution in [0.5, 0.6) is 0 Å². The summed E-state index contributed by atoms with van der Waals surface area (Å²) in [5.41, 5.74) is 0.718. The second-order valence-electron chi connectivity index (χ2n) is 5.12. The minimum atomic E-state index is -4.15. The number of benzene rings is 1. The maximum Gasteiger partial charge on any atom is 0.289 e. The number of hydrogen-bond donors (Lipinski definition) is 2. The Bertz CT molecular complexity index is 677. The molecule has 2 N–H and O–H groups in total. The van der Waals surface area contributed by atoms with E-state index < -0.39 is 37.7 Å². The van der Waals surface area contributed by atoms with Gasteiger partial charge in [-0.05, 0) is 31.0 Å². The predicted octanol–water partition coefficient (Wildman–Crippen LogP) is -0.0623. The van der Waals surface area contributed by atoms with E-state index in [9.17, 15) is 28.7 Å². The summed E-state index contributed by atoms with van der Waals surface area (Å²) in [5, 5.41) is 30.0. The van der Waals surface area contributed by atoms with Gasteiger partial charge in [0, 0.05) is 19.2 Å². The van der Waals surface area contributed by atoms with E-state index in [1.54, 1.807) is 13.8 Å². The van der Waals surface area contributed by atoms with Crippen molar-refractivity contribution in [2.24, 2.45) is 0 Å². The molecule has 1 aromatic rings. The molecule has 1 aliphatic rings. The number of aliphatic hydroxyl groups excluding tert-OH is 2. The number of aliphatic hydroxyl groups is 2. The summed E-state index contributed by atoms with van der Waals surface area (Å²) in [5.74, 6) is 0. The van der Waals surface area contributed by atoms with E-state index in [1.165, 1.54) is 12.1 Å². The molecule has 116 valence electrons. The van der Waals surface area contributed by atoms with E-state index in [1.807, 2.05) is 0 Å². The van der Waals surface area contributed by atoms with Gasteiger partial charge < -0.3 is 10.2 Å². The predicted molar refractivity (Wildman–Crippen MR) is 73.3 cm³/mol. The Morgan fingerprint density at radius 2 is 1.67 bits per heavy atom. The maximum absolute atomic E-state index is 12.5. The lowest BCUT2D eigenvalue weighted by Gasteiger charge is -2.16. The average Bonchev–Trinajstić information content (AvgIpc) is 2.72. The zero-order chi connectivity index (χ0) is 15.9. The molecule has 1 fully saturated rings. The highest BCUT2D eigenvalue weighted by Gasteiger charge is 2.40. The first-order valence-electron chi connectivity index (χ1n) is 6.26. The molecule has 0 spiro atoms. The zero-order valence-corrected chi connectivity index (χ0v) is 12.4. The topological polar surface area (TPSA) is 121 Å². The van der Waals surface area contributed by atoms with E-state index in [4.69, 9.17) is 0 Å². The number of nitro groups is 1. The van der Waals surface area contributed by atoms with E-state index >= 15 is 0 Å². The van der Waals surface area contributed by atoms with Crippen molar-refractivity contribution in [3.63, 3.8) is 0 Å². The molecule has 0 aromatic heterocycles. The molecule has 2 unspecified atom stereocenters. The number of rotatable bonds is 3. The summed E-state index contributed by atoms with van der Waals surface area (Å²) in [6.45, 7) is 2.75. The maximum atomic E-state index is 12.5. The number of nitro benzene ring substituents is 1. The van der Waals surface area contributed by atoms with E-state index in [2.05, 4.69) is 0 Å². The summed E-state index contributed by atoms with van der Waals surface area (Å²) in [4.78, 5) is 9.93. The van der Waals surface area contributed by atoms with Crippen molar-refractivity contribution in [2.45, 2.75) is 31.0 Å². The molecule has 1 aromatic carbocycles. The van der Waals surface area contributed by atoms with Crippen LogP contribution in [0, 0.1) is 24.0 Å². The monoisotopic (exact) mass is 316 g/mol. The van der Waals surface area contributed by atoms with Crippen LogP contribution < -0.4 is 0 Å². The van der Waals surface area contributed by atoms with Crippen molar-refractivity contribution < 1.29 is 23.6 Å².